The molecule has 7 nitrogen and oxygen atoms in total. The van der Waals surface area contributed by atoms with E-state index in [1.807, 2.05) is 26.0 Å². The number of nitrogens with zero attached hydrogens (tertiary/aromatic N) is 2. The van der Waals surface area contributed by atoms with Gasteiger partial charge in [0.1, 0.15) is 15.9 Å². The summed E-state index contributed by atoms with van der Waals surface area (Å²) in [5.41, 5.74) is 1.03. The summed E-state index contributed by atoms with van der Waals surface area (Å²) < 4.78 is 28.7. The van der Waals surface area contributed by atoms with Crippen LogP contribution in [0.2, 0.25) is 0 Å². The summed E-state index contributed by atoms with van der Waals surface area (Å²) in [4.78, 5) is 8.95. The number of sulfone groups is 1. The second kappa shape index (κ2) is 13.3. The molecule has 1 aliphatic carbocycles. The number of hydrogen-bond acceptors (Lipinski definition) is 5. The number of hydrogen-bond donors (Lipinski definition) is 2. The molecule has 1 atom stereocenters. The van der Waals surface area contributed by atoms with Gasteiger partial charge in [0.2, 0.25) is 5.88 Å². The van der Waals surface area contributed by atoms with Crippen molar-refractivity contribution in [2.45, 2.75) is 71.1 Å². The number of nitrogens with one attached hydrogen (secondary N) is 2. The van der Waals surface area contributed by atoms with Gasteiger partial charge in [0, 0.05) is 31.1 Å². The van der Waals surface area contributed by atoms with E-state index in [2.05, 4.69) is 20.6 Å². The summed E-state index contributed by atoms with van der Waals surface area (Å²) in [5, 5.41) is 6.47. The first-order chi connectivity index (χ1) is 13.4. The molecule has 1 aromatic heterocycles. The molecule has 2 N–H and O–H groups in total. The van der Waals surface area contributed by atoms with Crippen LogP contribution in [0.1, 0.15) is 57.9 Å². The number of ether oxygens (including phenoxy) is 1. The highest BCUT2D eigenvalue weighted by molar-refractivity contribution is 14.0. The van der Waals surface area contributed by atoms with E-state index in [0.717, 1.165) is 24.9 Å². The van der Waals surface area contributed by atoms with Gasteiger partial charge in [0.15, 0.2) is 5.96 Å². The highest BCUT2D eigenvalue weighted by Crippen LogP contribution is 2.22. The van der Waals surface area contributed by atoms with Gasteiger partial charge in [-0.2, -0.15) is 0 Å². The van der Waals surface area contributed by atoms with Crippen molar-refractivity contribution in [2.24, 2.45) is 4.99 Å². The molecule has 1 aromatic rings. The van der Waals surface area contributed by atoms with E-state index in [1.165, 1.54) is 25.5 Å². The van der Waals surface area contributed by atoms with Gasteiger partial charge < -0.3 is 15.4 Å². The van der Waals surface area contributed by atoms with Gasteiger partial charge >= 0.3 is 0 Å². The van der Waals surface area contributed by atoms with Crippen LogP contribution in [0.15, 0.2) is 23.3 Å². The average Bonchev–Trinajstić information content (AvgIpc) is 2.65. The van der Waals surface area contributed by atoms with Crippen molar-refractivity contribution in [3.63, 3.8) is 0 Å². The van der Waals surface area contributed by atoms with Crippen LogP contribution in [0.3, 0.4) is 0 Å². The predicted molar refractivity (Wildman–Crippen MR) is 129 cm³/mol. The van der Waals surface area contributed by atoms with Gasteiger partial charge in [-0.1, -0.05) is 6.42 Å². The van der Waals surface area contributed by atoms with Crippen molar-refractivity contribution >= 4 is 39.8 Å². The van der Waals surface area contributed by atoms with Crippen LogP contribution in [0, 0.1) is 0 Å². The Balaban J connectivity index is 0.00000420. The summed E-state index contributed by atoms with van der Waals surface area (Å²) in [7, 11) is -2.96. The molecule has 0 amide bonds. The van der Waals surface area contributed by atoms with Crippen molar-refractivity contribution in [1.29, 1.82) is 0 Å². The molecule has 9 heteroatoms. The standard InChI is InChI=1S/C20H34N4O3S.HI/c1-4-21-20(24-16(2)11-13-28(3,25)26)23-15-17-10-12-22-19(14-17)27-18-8-6-5-7-9-18;/h10,12,14,16,18H,4-9,11,13,15H2,1-3H3,(H2,21,23,24);1H. The largest absolute Gasteiger partial charge is 0.474 e. The number of aliphatic imine (C=N–C) groups is 1. The Kier molecular flexibility index (Phi) is 11.9. The van der Waals surface area contributed by atoms with Gasteiger partial charge in [0.25, 0.3) is 0 Å². The molecule has 1 heterocycles. The molecule has 1 aliphatic rings. The van der Waals surface area contributed by atoms with Gasteiger partial charge in [-0.05, 0) is 57.6 Å². The van der Waals surface area contributed by atoms with Crippen LogP contribution in [-0.4, -0.2) is 50.1 Å². The summed E-state index contributed by atoms with van der Waals surface area (Å²) in [6.45, 7) is 5.19. The summed E-state index contributed by atoms with van der Waals surface area (Å²) in [6.07, 6.45) is 9.78. The Morgan fingerprint density at radius 3 is 2.72 bits per heavy atom. The molecule has 0 aliphatic heterocycles. The van der Waals surface area contributed by atoms with E-state index in [1.54, 1.807) is 6.20 Å². The minimum Gasteiger partial charge on any atom is -0.474 e. The second-order valence-electron chi connectivity index (χ2n) is 7.54. The number of pyridine rings is 1. The molecule has 1 fully saturated rings. The minimum atomic E-state index is -2.96. The normalized spacial score (nSPS) is 16.6. The highest BCUT2D eigenvalue weighted by atomic mass is 127. The second-order valence-corrected chi connectivity index (χ2v) is 9.80. The van der Waals surface area contributed by atoms with Gasteiger partial charge in [-0.3, -0.25) is 0 Å². The molecule has 0 spiro atoms. The Morgan fingerprint density at radius 2 is 2.07 bits per heavy atom. The molecular weight excluding hydrogens is 503 g/mol. The third-order valence-corrected chi connectivity index (χ3v) is 5.68. The van der Waals surface area contributed by atoms with E-state index >= 15 is 0 Å². The highest BCUT2D eigenvalue weighted by Gasteiger charge is 2.15. The van der Waals surface area contributed by atoms with Crippen LogP contribution >= 0.6 is 24.0 Å². The van der Waals surface area contributed by atoms with Crippen molar-refractivity contribution in [3.8, 4) is 5.88 Å². The molecule has 0 saturated heterocycles. The molecular formula is C20H35IN4O3S. The van der Waals surface area contributed by atoms with Crippen LogP contribution in [0.4, 0.5) is 0 Å². The van der Waals surface area contributed by atoms with Gasteiger partial charge in [0.05, 0.1) is 12.3 Å². The first kappa shape index (κ1) is 25.9. The zero-order chi connectivity index (χ0) is 20.4. The summed E-state index contributed by atoms with van der Waals surface area (Å²) >= 11 is 0. The lowest BCUT2D eigenvalue weighted by molar-refractivity contribution is 0.148. The monoisotopic (exact) mass is 538 g/mol. The molecule has 1 unspecified atom stereocenters. The third-order valence-electron chi connectivity index (χ3n) is 4.71. The van der Waals surface area contributed by atoms with E-state index in [0.29, 0.717) is 24.8 Å². The quantitative estimate of drug-likeness (QED) is 0.285. The SMILES string of the molecule is CCNC(=NCc1ccnc(OC2CCCCC2)c1)NC(C)CCS(C)(=O)=O.I. The van der Waals surface area contributed by atoms with Crippen LogP contribution in [0.5, 0.6) is 5.88 Å². The van der Waals surface area contributed by atoms with Crippen LogP contribution in [0.25, 0.3) is 0 Å². The van der Waals surface area contributed by atoms with Crippen molar-refractivity contribution < 1.29 is 13.2 Å². The van der Waals surface area contributed by atoms with Gasteiger partial charge in [-0.15, -0.1) is 24.0 Å². The average molecular weight is 538 g/mol. The topological polar surface area (TPSA) is 92.7 Å². The summed E-state index contributed by atoms with van der Waals surface area (Å²) in [5.74, 6) is 1.50. The first-order valence-corrected chi connectivity index (χ1v) is 12.3. The predicted octanol–water partition coefficient (Wildman–Crippen LogP) is 3.29. The Morgan fingerprint density at radius 1 is 1.34 bits per heavy atom. The zero-order valence-electron chi connectivity index (χ0n) is 17.7. The number of guanidine groups is 1. The number of aromatic nitrogens is 1. The van der Waals surface area contributed by atoms with E-state index < -0.39 is 9.84 Å². The van der Waals surface area contributed by atoms with E-state index in [4.69, 9.17) is 4.74 Å². The minimum absolute atomic E-state index is 0. The number of rotatable bonds is 9. The molecule has 2 rings (SSSR count). The molecule has 0 aromatic carbocycles. The van der Waals surface area contributed by atoms with Crippen LogP contribution in [-0.2, 0) is 16.4 Å². The lowest BCUT2D eigenvalue weighted by atomic mass is 9.98. The fourth-order valence-corrected chi connectivity index (χ4v) is 3.94. The molecule has 0 radical (unpaired) electrons. The zero-order valence-corrected chi connectivity index (χ0v) is 20.8. The fraction of sp³-hybridized carbons (Fsp3) is 0.700. The molecule has 29 heavy (non-hydrogen) atoms. The smallest absolute Gasteiger partial charge is 0.213 e. The Bertz CT molecular complexity index is 737. The molecule has 166 valence electrons. The Hall–Kier alpha value is -1.10. The molecule has 0 bridgehead atoms. The van der Waals surface area contributed by atoms with Crippen molar-refractivity contribution in [2.75, 3.05) is 18.6 Å². The Labute approximate surface area is 192 Å². The third kappa shape index (κ3) is 11.0. The maximum Gasteiger partial charge on any atom is 0.213 e. The maximum absolute atomic E-state index is 11.3. The van der Waals surface area contributed by atoms with Crippen LogP contribution < -0.4 is 15.4 Å². The maximum atomic E-state index is 11.3. The molecule has 1 saturated carbocycles. The lowest BCUT2D eigenvalue weighted by Gasteiger charge is -2.22. The summed E-state index contributed by atoms with van der Waals surface area (Å²) in [6, 6.07) is 3.90. The fourth-order valence-electron chi connectivity index (χ4n) is 3.15. The van der Waals surface area contributed by atoms with E-state index in [9.17, 15) is 8.42 Å². The van der Waals surface area contributed by atoms with Crippen molar-refractivity contribution in [3.05, 3.63) is 23.9 Å². The number of halogens is 1. The van der Waals surface area contributed by atoms with Crippen molar-refractivity contribution in [1.82, 2.24) is 15.6 Å². The first-order valence-electron chi connectivity index (χ1n) is 10.2. The lowest BCUT2D eigenvalue weighted by Crippen LogP contribution is -2.42. The van der Waals surface area contributed by atoms with Gasteiger partial charge in [-0.25, -0.2) is 18.4 Å². The van der Waals surface area contributed by atoms with E-state index in [-0.39, 0.29) is 41.9 Å².